The van der Waals surface area contributed by atoms with Crippen molar-refractivity contribution in [3.05, 3.63) is 0 Å². The van der Waals surface area contributed by atoms with Crippen LogP contribution < -0.4 is 5.73 Å². The Kier molecular flexibility index (Phi) is 7.34. The fourth-order valence-corrected chi connectivity index (χ4v) is 1.73. The van der Waals surface area contributed by atoms with Gasteiger partial charge in [0.1, 0.15) is 5.54 Å². The van der Waals surface area contributed by atoms with Crippen LogP contribution in [-0.4, -0.2) is 56.9 Å². The largest absolute Gasteiger partial charge is 0.468 e. The first-order chi connectivity index (χ1) is 7.83. The molecule has 0 aliphatic rings. The van der Waals surface area contributed by atoms with Crippen LogP contribution in [0.5, 0.6) is 0 Å². The highest BCUT2D eigenvalue weighted by molar-refractivity contribution is 5.80. The SMILES string of the molecule is COCCN(CC(C)C)CC(C)(N)C(=O)OC. The molecule has 0 fully saturated rings. The lowest BCUT2D eigenvalue weighted by molar-refractivity contribution is -0.147. The molecule has 2 N–H and O–H groups in total. The van der Waals surface area contributed by atoms with Gasteiger partial charge in [-0.1, -0.05) is 13.8 Å². The Labute approximate surface area is 104 Å². The summed E-state index contributed by atoms with van der Waals surface area (Å²) in [5, 5.41) is 0. The second-order valence-corrected chi connectivity index (χ2v) is 5.03. The molecule has 0 amide bonds. The number of ether oxygens (including phenoxy) is 2. The summed E-state index contributed by atoms with van der Waals surface area (Å²) in [6.45, 7) is 8.70. The van der Waals surface area contributed by atoms with E-state index in [-0.39, 0.29) is 5.97 Å². The minimum absolute atomic E-state index is 0.385. The smallest absolute Gasteiger partial charge is 0.326 e. The predicted octanol–water partition coefficient (Wildman–Crippen LogP) is 0.481. The number of rotatable bonds is 8. The number of methoxy groups -OCH3 is 2. The van der Waals surface area contributed by atoms with E-state index in [1.807, 2.05) is 0 Å². The third-order valence-corrected chi connectivity index (χ3v) is 2.44. The second kappa shape index (κ2) is 7.63. The van der Waals surface area contributed by atoms with Crippen molar-refractivity contribution in [2.24, 2.45) is 11.7 Å². The van der Waals surface area contributed by atoms with Gasteiger partial charge in [-0.25, -0.2) is 0 Å². The number of hydrogen-bond acceptors (Lipinski definition) is 5. The van der Waals surface area contributed by atoms with E-state index in [2.05, 4.69) is 18.7 Å². The third kappa shape index (κ3) is 6.61. The van der Waals surface area contributed by atoms with Crippen LogP contribution in [0.25, 0.3) is 0 Å². The lowest BCUT2D eigenvalue weighted by atomic mass is 10.0. The van der Waals surface area contributed by atoms with Gasteiger partial charge in [0.25, 0.3) is 0 Å². The van der Waals surface area contributed by atoms with Crippen molar-refractivity contribution >= 4 is 5.97 Å². The van der Waals surface area contributed by atoms with Crippen molar-refractivity contribution in [1.29, 1.82) is 0 Å². The van der Waals surface area contributed by atoms with Crippen LogP contribution >= 0.6 is 0 Å². The molecule has 5 nitrogen and oxygen atoms in total. The first kappa shape index (κ1) is 16.4. The maximum absolute atomic E-state index is 11.5. The Balaban J connectivity index is 4.44. The van der Waals surface area contributed by atoms with Gasteiger partial charge in [-0.05, 0) is 12.8 Å². The van der Waals surface area contributed by atoms with Gasteiger partial charge in [-0.3, -0.25) is 9.69 Å². The molecule has 0 bridgehead atoms. The van der Waals surface area contributed by atoms with E-state index in [9.17, 15) is 4.79 Å². The molecule has 0 aliphatic heterocycles. The molecule has 0 heterocycles. The van der Waals surface area contributed by atoms with E-state index in [0.717, 1.165) is 13.1 Å². The molecule has 1 atom stereocenters. The molecular weight excluding hydrogens is 220 g/mol. The highest BCUT2D eigenvalue weighted by Crippen LogP contribution is 2.08. The maximum Gasteiger partial charge on any atom is 0.326 e. The Hall–Kier alpha value is -0.650. The Morgan fingerprint density at radius 2 is 2.00 bits per heavy atom. The molecule has 0 aromatic rings. The van der Waals surface area contributed by atoms with Crippen molar-refractivity contribution in [3.63, 3.8) is 0 Å². The summed E-state index contributed by atoms with van der Waals surface area (Å²) in [5.41, 5.74) is 4.99. The van der Waals surface area contributed by atoms with Gasteiger partial charge < -0.3 is 15.2 Å². The first-order valence-corrected chi connectivity index (χ1v) is 5.92. The van der Waals surface area contributed by atoms with E-state index in [0.29, 0.717) is 19.1 Å². The summed E-state index contributed by atoms with van der Waals surface area (Å²) >= 11 is 0. The van der Waals surface area contributed by atoms with E-state index >= 15 is 0 Å². The normalized spacial score (nSPS) is 15.1. The van der Waals surface area contributed by atoms with Crippen LogP contribution in [0, 0.1) is 5.92 Å². The van der Waals surface area contributed by atoms with Crippen molar-refractivity contribution in [1.82, 2.24) is 4.90 Å². The summed E-state index contributed by atoms with van der Waals surface area (Å²) < 4.78 is 9.76. The molecule has 5 heteroatoms. The second-order valence-electron chi connectivity index (χ2n) is 5.03. The molecular formula is C12H26N2O3. The standard InChI is InChI=1S/C12H26N2O3/c1-10(2)8-14(6-7-16-4)9-12(3,13)11(15)17-5/h10H,6-9,13H2,1-5H3. The number of nitrogens with two attached hydrogens (primary N) is 1. The Bertz CT molecular complexity index is 230. The minimum Gasteiger partial charge on any atom is -0.468 e. The zero-order valence-corrected chi connectivity index (χ0v) is 11.7. The number of carbonyl (C=O) groups excluding carboxylic acids is 1. The fourth-order valence-electron chi connectivity index (χ4n) is 1.73. The molecule has 0 saturated carbocycles. The van der Waals surface area contributed by atoms with Gasteiger partial charge in [-0.15, -0.1) is 0 Å². The number of nitrogens with zero attached hydrogens (tertiary/aromatic N) is 1. The van der Waals surface area contributed by atoms with E-state index in [4.69, 9.17) is 15.2 Å². The van der Waals surface area contributed by atoms with Gasteiger partial charge in [0.15, 0.2) is 0 Å². The number of carbonyl (C=O) groups is 1. The molecule has 0 spiro atoms. The maximum atomic E-state index is 11.5. The molecule has 0 aliphatic carbocycles. The fraction of sp³-hybridized carbons (Fsp3) is 0.917. The first-order valence-electron chi connectivity index (χ1n) is 5.92. The molecule has 0 saturated heterocycles. The Morgan fingerprint density at radius 1 is 1.41 bits per heavy atom. The van der Waals surface area contributed by atoms with Crippen molar-refractivity contribution in [2.75, 3.05) is 40.5 Å². The number of hydrogen-bond donors (Lipinski definition) is 1. The summed E-state index contributed by atoms with van der Waals surface area (Å²) in [5.74, 6) is 0.129. The number of esters is 1. The van der Waals surface area contributed by atoms with E-state index in [1.54, 1.807) is 14.0 Å². The molecule has 0 radical (unpaired) electrons. The van der Waals surface area contributed by atoms with Crippen LogP contribution in [0.3, 0.4) is 0 Å². The lowest BCUT2D eigenvalue weighted by Gasteiger charge is -2.31. The van der Waals surface area contributed by atoms with Crippen molar-refractivity contribution in [3.8, 4) is 0 Å². The van der Waals surface area contributed by atoms with Crippen LogP contribution in [0.15, 0.2) is 0 Å². The molecule has 17 heavy (non-hydrogen) atoms. The van der Waals surface area contributed by atoms with E-state index in [1.165, 1.54) is 7.11 Å². The Morgan fingerprint density at radius 3 is 2.41 bits per heavy atom. The zero-order valence-electron chi connectivity index (χ0n) is 11.7. The zero-order chi connectivity index (χ0) is 13.5. The van der Waals surface area contributed by atoms with E-state index < -0.39 is 5.54 Å². The summed E-state index contributed by atoms with van der Waals surface area (Å²) in [6.07, 6.45) is 0. The van der Waals surface area contributed by atoms with Gasteiger partial charge in [0.2, 0.25) is 0 Å². The summed E-state index contributed by atoms with van der Waals surface area (Å²) in [7, 11) is 3.02. The lowest BCUT2D eigenvalue weighted by Crippen LogP contribution is -2.55. The van der Waals surface area contributed by atoms with Gasteiger partial charge in [-0.2, -0.15) is 0 Å². The van der Waals surface area contributed by atoms with Gasteiger partial charge in [0.05, 0.1) is 13.7 Å². The third-order valence-electron chi connectivity index (χ3n) is 2.44. The van der Waals surface area contributed by atoms with Crippen LogP contribution in [-0.2, 0) is 14.3 Å². The van der Waals surface area contributed by atoms with Crippen LogP contribution in [0.2, 0.25) is 0 Å². The topological polar surface area (TPSA) is 64.8 Å². The monoisotopic (exact) mass is 246 g/mol. The molecule has 0 aromatic carbocycles. The highest BCUT2D eigenvalue weighted by atomic mass is 16.5. The highest BCUT2D eigenvalue weighted by Gasteiger charge is 2.31. The summed E-state index contributed by atoms with van der Waals surface area (Å²) in [4.78, 5) is 13.7. The van der Waals surface area contributed by atoms with Crippen molar-refractivity contribution < 1.29 is 14.3 Å². The molecule has 0 aromatic heterocycles. The van der Waals surface area contributed by atoms with Gasteiger partial charge >= 0.3 is 5.97 Å². The average Bonchev–Trinajstić information content (AvgIpc) is 2.23. The minimum atomic E-state index is -0.975. The van der Waals surface area contributed by atoms with Crippen molar-refractivity contribution in [2.45, 2.75) is 26.3 Å². The molecule has 102 valence electrons. The summed E-state index contributed by atoms with van der Waals surface area (Å²) in [6, 6.07) is 0. The average molecular weight is 246 g/mol. The quantitative estimate of drug-likeness (QED) is 0.631. The predicted molar refractivity (Wildman–Crippen MR) is 67.8 cm³/mol. The van der Waals surface area contributed by atoms with Gasteiger partial charge in [0, 0.05) is 26.7 Å². The van der Waals surface area contributed by atoms with Crippen LogP contribution in [0.4, 0.5) is 0 Å². The molecule has 1 unspecified atom stereocenters. The van der Waals surface area contributed by atoms with Crippen LogP contribution in [0.1, 0.15) is 20.8 Å². The molecule has 0 rings (SSSR count).